The van der Waals surface area contributed by atoms with E-state index in [0.717, 1.165) is 95.8 Å². The summed E-state index contributed by atoms with van der Waals surface area (Å²) in [5.74, 6) is -1.32. The Hall–Kier alpha value is -1.94. The quantitative estimate of drug-likeness (QED) is 0.0222. The highest BCUT2D eigenvalue weighted by molar-refractivity contribution is 7.47. The Bertz CT molecular complexity index is 1810. The summed E-state index contributed by atoms with van der Waals surface area (Å²) in [6, 6.07) is 0. The largest absolute Gasteiger partial charge is 0.472 e. The van der Waals surface area contributed by atoms with Crippen molar-refractivity contribution in [1.82, 2.24) is 0 Å². The van der Waals surface area contributed by atoms with Gasteiger partial charge in [-0.1, -0.05) is 343 Å². The van der Waals surface area contributed by atoms with Crippen LogP contribution in [0.3, 0.4) is 0 Å². The van der Waals surface area contributed by atoms with Crippen molar-refractivity contribution >= 4 is 39.5 Å². The first kappa shape index (κ1) is 92.1. The zero-order valence-corrected chi connectivity index (χ0v) is 62.9. The van der Waals surface area contributed by atoms with Gasteiger partial charge in [-0.25, -0.2) is 9.13 Å². The van der Waals surface area contributed by atoms with Crippen LogP contribution in [0, 0.1) is 5.92 Å². The number of hydrogen-bond acceptors (Lipinski definition) is 15. The summed E-state index contributed by atoms with van der Waals surface area (Å²) >= 11 is 0. The fourth-order valence-corrected chi connectivity index (χ4v) is 13.1. The van der Waals surface area contributed by atoms with Gasteiger partial charge >= 0.3 is 39.5 Å². The molecular weight excluding hydrogens is 1230 g/mol. The first-order chi connectivity index (χ1) is 45.5. The normalized spacial score (nSPS) is 14.0. The minimum absolute atomic E-state index is 0.108. The Morgan fingerprint density at radius 1 is 0.287 bits per heavy atom. The minimum Gasteiger partial charge on any atom is -0.462 e. The lowest BCUT2D eigenvalue weighted by molar-refractivity contribution is -0.161. The van der Waals surface area contributed by atoms with Gasteiger partial charge in [-0.3, -0.25) is 37.3 Å². The van der Waals surface area contributed by atoms with E-state index in [-0.39, 0.29) is 25.7 Å². The third-order valence-corrected chi connectivity index (χ3v) is 19.4. The predicted molar refractivity (Wildman–Crippen MR) is 382 cm³/mol. The van der Waals surface area contributed by atoms with Crippen molar-refractivity contribution in [2.45, 2.75) is 412 Å². The SMILES string of the molecule is CCCCCCCCCCCCCCCCC(=O)OC[C@H](COP(=O)(O)OC[C@@H](O)COP(=O)(O)OC[C@@H](COC(=O)CCCCCCCCCCCCCC)OC(=O)CCCCCCCCCCCCCC)OC(=O)CCCCCCCCCCCCCCCC(C)C. The molecule has 0 rings (SSSR count). The van der Waals surface area contributed by atoms with E-state index >= 15 is 0 Å². The molecule has 0 spiro atoms. The second-order valence-electron chi connectivity index (χ2n) is 27.5. The summed E-state index contributed by atoms with van der Waals surface area (Å²) in [6.07, 6.45) is 56.6. The molecule has 94 heavy (non-hydrogen) atoms. The zero-order valence-electron chi connectivity index (χ0n) is 61.1. The topological polar surface area (TPSA) is 237 Å². The molecule has 0 saturated heterocycles. The Balaban J connectivity index is 5.25. The lowest BCUT2D eigenvalue weighted by Crippen LogP contribution is -2.30. The van der Waals surface area contributed by atoms with Crippen LogP contribution in [0.1, 0.15) is 394 Å². The van der Waals surface area contributed by atoms with Crippen LogP contribution in [0.2, 0.25) is 0 Å². The van der Waals surface area contributed by atoms with Gasteiger partial charge in [-0.15, -0.1) is 0 Å². The maximum atomic E-state index is 13.1. The number of carbonyl (C=O) groups excluding carboxylic acids is 4. The van der Waals surface area contributed by atoms with Crippen molar-refractivity contribution in [2.75, 3.05) is 39.6 Å². The predicted octanol–water partition coefficient (Wildman–Crippen LogP) is 22.1. The number of ether oxygens (including phenoxy) is 4. The molecule has 0 amide bonds. The first-order valence-corrected chi connectivity index (χ1v) is 42.1. The first-order valence-electron chi connectivity index (χ1n) is 39.1. The van der Waals surface area contributed by atoms with Gasteiger partial charge in [0.05, 0.1) is 26.4 Å². The molecule has 2 unspecified atom stereocenters. The monoisotopic (exact) mass is 1380 g/mol. The molecule has 558 valence electrons. The van der Waals surface area contributed by atoms with Crippen LogP contribution in [-0.2, 0) is 65.4 Å². The van der Waals surface area contributed by atoms with Crippen molar-refractivity contribution in [1.29, 1.82) is 0 Å². The number of phosphoric ester groups is 2. The van der Waals surface area contributed by atoms with Crippen LogP contribution in [0.5, 0.6) is 0 Å². The summed E-state index contributed by atoms with van der Waals surface area (Å²) in [7, 11) is -9.91. The van der Waals surface area contributed by atoms with Crippen LogP contribution in [0.4, 0.5) is 0 Å². The van der Waals surface area contributed by atoms with E-state index in [9.17, 15) is 43.2 Å². The lowest BCUT2D eigenvalue weighted by atomic mass is 10.0. The van der Waals surface area contributed by atoms with Crippen molar-refractivity contribution in [2.24, 2.45) is 5.92 Å². The summed E-state index contributed by atoms with van der Waals surface area (Å²) in [6.45, 7) is 7.31. The number of unbranched alkanes of at least 4 members (excludes halogenated alkanes) is 47. The summed E-state index contributed by atoms with van der Waals surface area (Å²) in [4.78, 5) is 72.8. The summed E-state index contributed by atoms with van der Waals surface area (Å²) in [5.41, 5.74) is 0. The van der Waals surface area contributed by atoms with E-state index in [1.807, 2.05) is 0 Å². The van der Waals surface area contributed by atoms with Gasteiger partial charge in [-0.2, -0.15) is 0 Å². The van der Waals surface area contributed by atoms with Gasteiger partial charge in [0.25, 0.3) is 0 Å². The zero-order chi connectivity index (χ0) is 69.1. The van der Waals surface area contributed by atoms with E-state index in [1.165, 1.54) is 218 Å². The van der Waals surface area contributed by atoms with Gasteiger partial charge in [0.1, 0.15) is 19.3 Å². The molecule has 5 atom stereocenters. The molecule has 17 nitrogen and oxygen atoms in total. The van der Waals surface area contributed by atoms with Crippen LogP contribution in [0.25, 0.3) is 0 Å². The van der Waals surface area contributed by atoms with E-state index in [1.54, 1.807) is 0 Å². The van der Waals surface area contributed by atoms with Crippen molar-refractivity contribution in [3.05, 3.63) is 0 Å². The van der Waals surface area contributed by atoms with Crippen molar-refractivity contribution in [3.63, 3.8) is 0 Å². The van der Waals surface area contributed by atoms with E-state index < -0.39 is 97.5 Å². The molecule has 0 aromatic carbocycles. The van der Waals surface area contributed by atoms with Crippen LogP contribution < -0.4 is 0 Å². The average Bonchev–Trinajstić information content (AvgIpc) is 2.74. The van der Waals surface area contributed by atoms with Gasteiger partial charge in [0, 0.05) is 25.7 Å². The molecule has 0 heterocycles. The van der Waals surface area contributed by atoms with Gasteiger partial charge in [-0.05, 0) is 31.6 Å². The Kier molecular flexibility index (Phi) is 66.8. The molecule has 0 bridgehead atoms. The van der Waals surface area contributed by atoms with Crippen molar-refractivity contribution in [3.8, 4) is 0 Å². The number of carbonyl (C=O) groups is 4. The molecule has 0 fully saturated rings. The Morgan fingerprint density at radius 3 is 0.723 bits per heavy atom. The average molecular weight is 1380 g/mol. The number of aliphatic hydroxyl groups excluding tert-OH is 1. The molecule has 0 aromatic rings. The molecular formula is C75H146O17P2. The molecule has 0 saturated carbocycles. The van der Waals surface area contributed by atoms with E-state index in [4.69, 9.17) is 37.0 Å². The van der Waals surface area contributed by atoms with Crippen LogP contribution >= 0.6 is 15.6 Å². The maximum Gasteiger partial charge on any atom is 0.472 e. The number of esters is 4. The number of hydrogen-bond donors (Lipinski definition) is 3. The highest BCUT2D eigenvalue weighted by Gasteiger charge is 2.30. The molecule has 0 aliphatic rings. The number of rotatable bonds is 75. The number of aliphatic hydroxyl groups is 1. The second kappa shape index (κ2) is 68.2. The molecule has 0 aliphatic heterocycles. The van der Waals surface area contributed by atoms with Crippen LogP contribution in [0.15, 0.2) is 0 Å². The second-order valence-corrected chi connectivity index (χ2v) is 30.4. The van der Waals surface area contributed by atoms with E-state index in [2.05, 4.69) is 34.6 Å². The standard InChI is InChI=1S/C75H146O17P2/c1-6-9-12-15-18-21-24-27-30-35-39-44-49-54-59-73(78)86-65-71(92-75(80)61-56-51-46-41-36-31-28-29-32-37-42-47-52-57-68(4)5)67-90-94(83,84)88-63-69(76)62-87-93(81,82)89-66-70(91-74(79)60-55-50-45-40-34-26-23-20-17-14-11-8-3)64-85-72(77)58-53-48-43-38-33-25-22-19-16-13-10-7-2/h68-71,76H,6-67H2,1-5H3,(H,81,82)(H,83,84)/t69-,70+,71+/m0/s1. The summed E-state index contributed by atoms with van der Waals surface area (Å²) in [5, 5.41) is 10.6. The van der Waals surface area contributed by atoms with E-state index in [0.29, 0.717) is 25.7 Å². The third kappa shape index (κ3) is 68.6. The molecule has 0 radical (unpaired) electrons. The number of phosphoric acid groups is 2. The Labute approximate surface area is 575 Å². The lowest BCUT2D eigenvalue weighted by Gasteiger charge is -2.21. The Morgan fingerprint density at radius 2 is 0.489 bits per heavy atom. The van der Waals surface area contributed by atoms with Gasteiger partial charge in [0.2, 0.25) is 0 Å². The third-order valence-electron chi connectivity index (χ3n) is 17.5. The minimum atomic E-state index is -4.96. The van der Waals surface area contributed by atoms with Crippen LogP contribution in [-0.4, -0.2) is 96.7 Å². The summed E-state index contributed by atoms with van der Waals surface area (Å²) < 4.78 is 68.5. The van der Waals surface area contributed by atoms with Crippen molar-refractivity contribution < 1.29 is 80.2 Å². The molecule has 19 heteroatoms. The molecule has 0 aromatic heterocycles. The fraction of sp³-hybridized carbons (Fsp3) is 0.947. The highest BCUT2D eigenvalue weighted by atomic mass is 31.2. The van der Waals surface area contributed by atoms with Gasteiger partial charge in [0.15, 0.2) is 12.2 Å². The smallest absolute Gasteiger partial charge is 0.462 e. The highest BCUT2D eigenvalue weighted by Crippen LogP contribution is 2.45. The molecule has 0 aliphatic carbocycles. The fourth-order valence-electron chi connectivity index (χ4n) is 11.5. The molecule has 3 N–H and O–H groups in total. The maximum absolute atomic E-state index is 13.1. The van der Waals surface area contributed by atoms with Gasteiger partial charge < -0.3 is 33.8 Å².